The maximum absolute atomic E-state index is 13.3. The second kappa shape index (κ2) is 4.38. The molecule has 1 aromatic carbocycles. The molecule has 0 fully saturated rings. The highest BCUT2D eigenvalue weighted by molar-refractivity contribution is 5.93. The topological polar surface area (TPSA) is 63.3 Å². The van der Waals surface area contributed by atoms with Crippen LogP contribution in [0.3, 0.4) is 0 Å². The normalized spacial score (nSPS) is 11.6. The highest BCUT2D eigenvalue weighted by Gasteiger charge is 2.34. The molecular weight excluding hydrogens is 270 g/mol. The Labute approximate surface area is 103 Å². The van der Waals surface area contributed by atoms with Gasteiger partial charge in [0.25, 0.3) is 0 Å². The van der Waals surface area contributed by atoms with Gasteiger partial charge in [0, 0.05) is 5.56 Å². The molecule has 0 radical (unpaired) electrons. The Hall–Kier alpha value is -2.38. The van der Waals surface area contributed by atoms with E-state index >= 15 is 0 Å². The Morgan fingerprint density at radius 3 is 2.53 bits per heavy atom. The van der Waals surface area contributed by atoms with Crippen molar-refractivity contribution >= 4 is 5.97 Å². The maximum Gasteiger partial charge on any atom is 0.419 e. The zero-order valence-electron chi connectivity index (χ0n) is 9.03. The SMILES string of the molecule is O=C(O)c1cnoc1-c1ccc(C(F)(F)F)c(F)c1. The fraction of sp³-hybridized carbons (Fsp3) is 0.0909. The summed E-state index contributed by atoms with van der Waals surface area (Å²) in [5, 5.41) is 12.0. The third-order valence-corrected chi connectivity index (χ3v) is 2.34. The van der Waals surface area contributed by atoms with Crippen molar-refractivity contribution in [1.29, 1.82) is 0 Å². The van der Waals surface area contributed by atoms with Crippen molar-refractivity contribution in [1.82, 2.24) is 5.16 Å². The van der Waals surface area contributed by atoms with Gasteiger partial charge in [-0.3, -0.25) is 0 Å². The Balaban J connectivity index is 2.51. The summed E-state index contributed by atoms with van der Waals surface area (Å²) in [5.41, 5.74) is -1.94. The van der Waals surface area contributed by atoms with Crippen LogP contribution in [0.15, 0.2) is 28.9 Å². The summed E-state index contributed by atoms with van der Waals surface area (Å²) in [6, 6.07) is 1.98. The number of aromatic carboxylic acids is 1. The average molecular weight is 275 g/mol. The number of carboxylic acids is 1. The molecule has 1 N–H and O–H groups in total. The van der Waals surface area contributed by atoms with Crippen molar-refractivity contribution in [3.8, 4) is 11.3 Å². The van der Waals surface area contributed by atoms with Crippen LogP contribution in [0.1, 0.15) is 15.9 Å². The quantitative estimate of drug-likeness (QED) is 0.855. The summed E-state index contributed by atoms with van der Waals surface area (Å²) in [5.74, 6) is -3.20. The molecular formula is C11H5F4NO3. The standard InChI is InChI=1S/C11H5F4NO3/c12-8-3-5(1-2-7(8)11(13,14)15)9-6(10(17)18)4-16-19-9/h1-4H,(H,17,18). The first-order valence-corrected chi connectivity index (χ1v) is 4.86. The maximum atomic E-state index is 13.3. The van der Waals surface area contributed by atoms with Gasteiger partial charge in [0.15, 0.2) is 5.76 Å². The molecule has 0 atom stereocenters. The van der Waals surface area contributed by atoms with Crippen molar-refractivity contribution < 1.29 is 32.0 Å². The molecule has 2 rings (SSSR count). The number of carboxylic acid groups (broad SMARTS) is 1. The number of aromatic nitrogens is 1. The van der Waals surface area contributed by atoms with Crippen molar-refractivity contribution in [2.24, 2.45) is 0 Å². The van der Waals surface area contributed by atoms with Crippen molar-refractivity contribution in [3.63, 3.8) is 0 Å². The van der Waals surface area contributed by atoms with Gasteiger partial charge in [-0.25, -0.2) is 9.18 Å². The third-order valence-electron chi connectivity index (χ3n) is 2.34. The van der Waals surface area contributed by atoms with E-state index in [2.05, 4.69) is 9.68 Å². The van der Waals surface area contributed by atoms with Crippen LogP contribution in [0.2, 0.25) is 0 Å². The second-order valence-electron chi connectivity index (χ2n) is 3.57. The number of hydrogen-bond donors (Lipinski definition) is 1. The molecule has 1 heterocycles. The van der Waals surface area contributed by atoms with Crippen LogP contribution < -0.4 is 0 Å². The lowest BCUT2D eigenvalue weighted by Gasteiger charge is -2.08. The largest absolute Gasteiger partial charge is 0.477 e. The highest BCUT2D eigenvalue weighted by Crippen LogP contribution is 2.34. The first-order chi connectivity index (χ1) is 8.80. The van der Waals surface area contributed by atoms with Gasteiger partial charge in [0.05, 0.1) is 11.8 Å². The second-order valence-corrected chi connectivity index (χ2v) is 3.57. The van der Waals surface area contributed by atoms with E-state index in [0.717, 1.165) is 12.3 Å². The van der Waals surface area contributed by atoms with Crippen LogP contribution >= 0.6 is 0 Å². The minimum absolute atomic E-state index is 0.139. The lowest BCUT2D eigenvalue weighted by atomic mass is 10.1. The number of carbonyl (C=O) groups is 1. The molecule has 4 nitrogen and oxygen atoms in total. The Bertz CT molecular complexity index is 633. The van der Waals surface area contributed by atoms with E-state index in [-0.39, 0.29) is 16.9 Å². The fourth-order valence-electron chi connectivity index (χ4n) is 1.49. The van der Waals surface area contributed by atoms with E-state index in [1.165, 1.54) is 0 Å². The van der Waals surface area contributed by atoms with Crippen LogP contribution in [-0.4, -0.2) is 16.2 Å². The number of nitrogens with zero attached hydrogens (tertiary/aromatic N) is 1. The number of hydrogen-bond acceptors (Lipinski definition) is 3. The van der Waals surface area contributed by atoms with Gasteiger partial charge in [-0.15, -0.1) is 0 Å². The molecule has 2 aromatic rings. The number of halogens is 4. The first kappa shape index (κ1) is 13.1. The summed E-state index contributed by atoms with van der Waals surface area (Å²) < 4.78 is 55.0. The predicted molar refractivity (Wildman–Crippen MR) is 53.9 cm³/mol. The minimum Gasteiger partial charge on any atom is -0.477 e. The molecule has 19 heavy (non-hydrogen) atoms. The van der Waals surface area contributed by atoms with Crippen molar-refractivity contribution in [2.75, 3.05) is 0 Å². The Morgan fingerprint density at radius 2 is 2.00 bits per heavy atom. The van der Waals surface area contributed by atoms with Crippen LogP contribution in [0, 0.1) is 5.82 Å². The molecule has 0 aliphatic carbocycles. The van der Waals surface area contributed by atoms with Gasteiger partial charge in [-0.1, -0.05) is 11.2 Å². The molecule has 8 heteroatoms. The summed E-state index contributed by atoms with van der Waals surface area (Å²) >= 11 is 0. The Kier molecular flexibility index (Phi) is 3.01. The summed E-state index contributed by atoms with van der Waals surface area (Å²) in [6.45, 7) is 0. The molecule has 0 spiro atoms. The van der Waals surface area contributed by atoms with Crippen molar-refractivity contribution in [2.45, 2.75) is 6.18 Å². The van der Waals surface area contributed by atoms with Crippen molar-refractivity contribution in [3.05, 3.63) is 41.3 Å². The summed E-state index contributed by atoms with van der Waals surface area (Å²) in [7, 11) is 0. The molecule has 0 unspecified atom stereocenters. The van der Waals surface area contributed by atoms with E-state index in [0.29, 0.717) is 12.1 Å². The lowest BCUT2D eigenvalue weighted by molar-refractivity contribution is -0.139. The number of benzene rings is 1. The summed E-state index contributed by atoms with van der Waals surface area (Å²) in [6.07, 6.45) is -3.94. The molecule has 1 aromatic heterocycles. The minimum atomic E-state index is -4.82. The van der Waals surface area contributed by atoms with Crippen LogP contribution in [-0.2, 0) is 6.18 Å². The first-order valence-electron chi connectivity index (χ1n) is 4.86. The smallest absolute Gasteiger partial charge is 0.419 e. The monoisotopic (exact) mass is 275 g/mol. The van der Waals surface area contributed by atoms with E-state index in [1.54, 1.807) is 0 Å². The molecule has 0 aliphatic rings. The zero-order valence-corrected chi connectivity index (χ0v) is 9.03. The number of rotatable bonds is 2. The average Bonchev–Trinajstić information content (AvgIpc) is 2.75. The molecule has 100 valence electrons. The van der Waals surface area contributed by atoms with Gasteiger partial charge in [-0.05, 0) is 12.1 Å². The van der Waals surface area contributed by atoms with Crippen LogP contribution in [0.4, 0.5) is 17.6 Å². The van der Waals surface area contributed by atoms with E-state index in [9.17, 15) is 22.4 Å². The van der Waals surface area contributed by atoms with Gasteiger partial charge < -0.3 is 9.63 Å². The van der Waals surface area contributed by atoms with Gasteiger partial charge in [0.1, 0.15) is 11.4 Å². The molecule has 0 saturated heterocycles. The van der Waals surface area contributed by atoms with Crippen LogP contribution in [0.5, 0.6) is 0 Å². The van der Waals surface area contributed by atoms with E-state index in [1.807, 2.05) is 0 Å². The van der Waals surface area contributed by atoms with Crippen LogP contribution in [0.25, 0.3) is 11.3 Å². The third kappa shape index (κ3) is 2.42. The fourth-order valence-corrected chi connectivity index (χ4v) is 1.49. The Morgan fingerprint density at radius 1 is 1.32 bits per heavy atom. The molecule has 0 saturated carbocycles. The molecule has 0 amide bonds. The van der Waals surface area contributed by atoms with Gasteiger partial charge in [-0.2, -0.15) is 13.2 Å². The lowest BCUT2D eigenvalue weighted by Crippen LogP contribution is -2.08. The van der Waals surface area contributed by atoms with E-state index < -0.39 is 23.5 Å². The predicted octanol–water partition coefficient (Wildman–Crippen LogP) is 3.20. The van der Waals surface area contributed by atoms with Gasteiger partial charge in [0.2, 0.25) is 0 Å². The highest BCUT2D eigenvalue weighted by atomic mass is 19.4. The summed E-state index contributed by atoms with van der Waals surface area (Å²) in [4.78, 5) is 10.8. The van der Waals surface area contributed by atoms with Gasteiger partial charge >= 0.3 is 12.1 Å². The molecule has 0 bridgehead atoms. The molecule has 0 aliphatic heterocycles. The number of alkyl halides is 3. The zero-order chi connectivity index (χ0) is 14.2. The van der Waals surface area contributed by atoms with E-state index in [4.69, 9.17) is 5.11 Å².